The van der Waals surface area contributed by atoms with Crippen molar-refractivity contribution in [3.63, 3.8) is 0 Å². The molecule has 2 unspecified atom stereocenters. The molecule has 3 fully saturated rings. The molecular formula is C43H46Cl3N7O4. The Morgan fingerprint density at radius 3 is 2.46 bits per heavy atom. The van der Waals surface area contributed by atoms with E-state index >= 15 is 0 Å². The fourth-order valence-electron chi connectivity index (χ4n) is 8.99. The lowest BCUT2D eigenvalue weighted by Crippen LogP contribution is -2.56. The van der Waals surface area contributed by atoms with Gasteiger partial charge in [0, 0.05) is 95.4 Å². The first-order chi connectivity index (χ1) is 27.6. The monoisotopic (exact) mass is 829 g/mol. The standard InChI is InChI=1S/C43H46Cl3N7O4/c1-26(31-13-11-28(44)20-33(31)46)53-25-47-40(27-8-4-3-5-9-27)42(53)39-32-14-12-29(45)21-34(32)48-41(39)43(56)49-35-22-51(38(55)24-57-2)23-36(35)50-18-15-30(16-19-50)52-17-7-6-10-37(52)54/h3-5,8-9,11-14,20-21,25-26,30,35-36,48H,6-7,10,15-19,22-24H2,1-2H3,(H,49,56)/t26?,35-,36?/m0/s1. The normalized spacial score (nSPS) is 20.1. The molecule has 2 N–H and O–H groups in total. The summed E-state index contributed by atoms with van der Waals surface area (Å²) in [6.45, 7) is 5.14. The van der Waals surface area contributed by atoms with Gasteiger partial charge in [0.25, 0.3) is 5.91 Å². The van der Waals surface area contributed by atoms with E-state index in [9.17, 15) is 14.4 Å². The van der Waals surface area contributed by atoms with Crippen LogP contribution in [0, 0.1) is 0 Å². The lowest BCUT2D eigenvalue weighted by molar-refractivity contribution is -0.137. The summed E-state index contributed by atoms with van der Waals surface area (Å²) >= 11 is 19.6. The van der Waals surface area contributed by atoms with Gasteiger partial charge in [0.05, 0.1) is 29.8 Å². The number of nitrogens with zero attached hydrogens (tertiary/aromatic N) is 5. The number of hydrogen-bond donors (Lipinski definition) is 2. The van der Waals surface area contributed by atoms with Crippen molar-refractivity contribution in [1.82, 2.24) is 34.6 Å². The largest absolute Gasteiger partial charge is 0.375 e. The second-order valence-electron chi connectivity index (χ2n) is 15.3. The summed E-state index contributed by atoms with van der Waals surface area (Å²) in [4.78, 5) is 55.6. The minimum Gasteiger partial charge on any atom is -0.375 e. The first-order valence-corrected chi connectivity index (χ1v) is 20.7. The van der Waals surface area contributed by atoms with E-state index in [4.69, 9.17) is 44.5 Å². The van der Waals surface area contributed by atoms with E-state index in [1.165, 1.54) is 7.11 Å². The fraction of sp³-hybridized carbons (Fsp3) is 0.395. The predicted molar refractivity (Wildman–Crippen MR) is 224 cm³/mol. The maximum Gasteiger partial charge on any atom is 0.268 e. The van der Waals surface area contributed by atoms with Crippen molar-refractivity contribution in [2.75, 3.05) is 46.4 Å². The third-order valence-corrected chi connectivity index (χ3v) is 12.7. The number of aromatic nitrogens is 3. The molecule has 0 radical (unpaired) electrons. The van der Waals surface area contributed by atoms with E-state index in [0.717, 1.165) is 67.5 Å². The molecule has 2 aromatic heterocycles. The summed E-state index contributed by atoms with van der Waals surface area (Å²) in [6, 6.07) is 20.3. The van der Waals surface area contributed by atoms with Gasteiger partial charge in [-0.1, -0.05) is 77.3 Å². The van der Waals surface area contributed by atoms with Crippen LogP contribution in [0.25, 0.3) is 33.4 Å². The van der Waals surface area contributed by atoms with Crippen LogP contribution in [0.2, 0.25) is 15.1 Å². The summed E-state index contributed by atoms with van der Waals surface area (Å²) in [5, 5.41) is 5.75. The lowest BCUT2D eigenvalue weighted by atomic mass is 9.97. The zero-order valence-electron chi connectivity index (χ0n) is 32.0. The number of methoxy groups -OCH3 is 1. The first kappa shape index (κ1) is 39.4. The van der Waals surface area contributed by atoms with E-state index in [2.05, 4.69) is 20.1 Å². The number of likely N-dealkylation sites (tertiary alicyclic amines) is 3. The number of benzene rings is 3. The van der Waals surface area contributed by atoms with Crippen molar-refractivity contribution in [3.05, 3.63) is 99.4 Å². The molecule has 0 aliphatic carbocycles. The molecule has 298 valence electrons. The molecule has 0 bridgehead atoms. The summed E-state index contributed by atoms with van der Waals surface area (Å²) in [5.41, 5.74) is 4.87. The lowest BCUT2D eigenvalue weighted by Gasteiger charge is -2.42. The Kier molecular flexibility index (Phi) is 11.6. The summed E-state index contributed by atoms with van der Waals surface area (Å²) < 4.78 is 7.28. The minimum absolute atomic E-state index is 0.0401. The van der Waals surface area contributed by atoms with E-state index in [-0.39, 0.29) is 48.5 Å². The summed E-state index contributed by atoms with van der Waals surface area (Å²) in [6.07, 6.45) is 6.12. The minimum atomic E-state index is -0.375. The molecule has 5 heterocycles. The third-order valence-electron chi connectivity index (χ3n) is 11.9. The van der Waals surface area contributed by atoms with Gasteiger partial charge in [-0.2, -0.15) is 0 Å². The van der Waals surface area contributed by atoms with Gasteiger partial charge in [0.1, 0.15) is 12.3 Å². The van der Waals surface area contributed by atoms with Crippen molar-refractivity contribution in [1.29, 1.82) is 0 Å². The fourth-order valence-corrected chi connectivity index (χ4v) is 9.72. The molecule has 14 heteroatoms. The van der Waals surface area contributed by atoms with Crippen LogP contribution in [0.4, 0.5) is 0 Å². The highest BCUT2D eigenvalue weighted by atomic mass is 35.5. The Hall–Kier alpha value is -4.39. The molecule has 3 amide bonds. The van der Waals surface area contributed by atoms with Crippen molar-refractivity contribution in [3.8, 4) is 22.5 Å². The number of piperidine rings is 2. The zero-order valence-corrected chi connectivity index (χ0v) is 34.3. The van der Waals surface area contributed by atoms with Crippen LogP contribution in [-0.4, -0.2) is 112 Å². The smallest absolute Gasteiger partial charge is 0.268 e. The highest BCUT2D eigenvalue weighted by molar-refractivity contribution is 6.35. The van der Waals surface area contributed by atoms with Crippen molar-refractivity contribution >= 4 is 63.4 Å². The van der Waals surface area contributed by atoms with Crippen molar-refractivity contribution in [2.24, 2.45) is 0 Å². The molecule has 8 rings (SSSR count). The van der Waals surface area contributed by atoms with Crippen molar-refractivity contribution < 1.29 is 19.1 Å². The number of H-pyrrole nitrogens is 1. The Morgan fingerprint density at radius 2 is 1.72 bits per heavy atom. The number of carbonyl (C=O) groups excluding carboxylic acids is 3. The van der Waals surface area contributed by atoms with Gasteiger partial charge in [-0.05, 0) is 62.4 Å². The second-order valence-corrected chi connectivity index (χ2v) is 16.6. The number of ether oxygens (including phenoxy) is 1. The molecule has 0 spiro atoms. The Labute approximate surface area is 347 Å². The van der Waals surface area contributed by atoms with Gasteiger partial charge in [-0.25, -0.2) is 4.98 Å². The summed E-state index contributed by atoms with van der Waals surface area (Å²) in [5.74, 6) is -0.189. The molecule has 3 atom stereocenters. The Bertz CT molecular complexity index is 2290. The molecule has 11 nitrogen and oxygen atoms in total. The average Bonchev–Trinajstić information content (AvgIpc) is 3.94. The number of hydrogen-bond acceptors (Lipinski definition) is 6. The number of halogens is 3. The quantitative estimate of drug-likeness (QED) is 0.149. The molecule has 3 aliphatic rings. The maximum absolute atomic E-state index is 15.0. The van der Waals surface area contributed by atoms with Gasteiger partial charge in [0.15, 0.2) is 0 Å². The first-order valence-electron chi connectivity index (χ1n) is 19.6. The average molecular weight is 831 g/mol. The molecule has 0 saturated carbocycles. The third kappa shape index (κ3) is 7.92. The van der Waals surface area contributed by atoms with Crippen molar-refractivity contribution in [2.45, 2.75) is 63.2 Å². The number of amides is 3. The molecule has 3 aromatic carbocycles. The highest BCUT2D eigenvalue weighted by Crippen LogP contribution is 2.42. The number of imidazole rings is 1. The molecule has 3 saturated heterocycles. The van der Waals surface area contributed by atoms with Crippen LogP contribution in [0.5, 0.6) is 0 Å². The molecule has 5 aromatic rings. The van der Waals surface area contributed by atoms with Gasteiger partial charge in [0.2, 0.25) is 11.8 Å². The van der Waals surface area contributed by atoms with Crippen LogP contribution >= 0.6 is 34.8 Å². The SMILES string of the molecule is COCC(=O)N1CC(N2CCC(N3CCCCC3=O)CC2)[C@@H](NC(=O)c2[nH]c3cc(Cl)ccc3c2-c2c(-c3ccccc3)ncn2C(C)c2ccc(Cl)cc2Cl)C1. The molecule has 3 aliphatic heterocycles. The molecule has 57 heavy (non-hydrogen) atoms. The summed E-state index contributed by atoms with van der Waals surface area (Å²) in [7, 11) is 1.51. The van der Waals surface area contributed by atoms with Gasteiger partial charge < -0.3 is 29.4 Å². The Balaban J connectivity index is 1.17. The number of aromatic amines is 1. The van der Waals surface area contributed by atoms with E-state index in [1.807, 2.05) is 72.2 Å². The van der Waals surface area contributed by atoms with Crippen LogP contribution in [0.1, 0.15) is 61.1 Å². The second kappa shape index (κ2) is 16.8. The van der Waals surface area contributed by atoms with E-state index in [0.29, 0.717) is 57.0 Å². The predicted octanol–water partition coefficient (Wildman–Crippen LogP) is 7.70. The Morgan fingerprint density at radius 1 is 0.965 bits per heavy atom. The van der Waals surface area contributed by atoms with Gasteiger partial charge in [-0.3, -0.25) is 19.3 Å². The van der Waals surface area contributed by atoms with E-state index < -0.39 is 0 Å². The number of carbonyl (C=O) groups is 3. The number of fused-ring (bicyclic) bond motifs is 1. The maximum atomic E-state index is 15.0. The number of nitrogens with one attached hydrogen (secondary N) is 2. The van der Waals surface area contributed by atoms with E-state index in [1.54, 1.807) is 17.3 Å². The topological polar surface area (TPSA) is 116 Å². The highest BCUT2D eigenvalue weighted by Gasteiger charge is 2.42. The number of rotatable bonds is 10. The zero-order chi connectivity index (χ0) is 39.8. The van der Waals surface area contributed by atoms with Crippen LogP contribution in [-0.2, 0) is 14.3 Å². The van der Waals surface area contributed by atoms with Gasteiger partial charge in [-0.15, -0.1) is 0 Å². The van der Waals surface area contributed by atoms with Crippen LogP contribution < -0.4 is 5.32 Å². The molecular weight excluding hydrogens is 785 g/mol. The van der Waals surface area contributed by atoms with Crippen LogP contribution in [0.15, 0.2) is 73.1 Å². The van der Waals surface area contributed by atoms with Gasteiger partial charge >= 0.3 is 0 Å². The van der Waals surface area contributed by atoms with Crippen LogP contribution in [0.3, 0.4) is 0 Å².